The van der Waals surface area contributed by atoms with Crippen LogP contribution in [0, 0.1) is 0 Å². The average molecular weight is 475 g/mol. The molecule has 0 N–H and O–H groups in total. The summed E-state index contributed by atoms with van der Waals surface area (Å²) < 4.78 is 0.265. The normalized spacial score (nSPS) is 14.5. The van der Waals surface area contributed by atoms with Gasteiger partial charge >= 0.3 is 0 Å². The molecule has 5 nitrogen and oxygen atoms in total. The van der Waals surface area contributed by atoms with Crippen molar-refractivity contribution in [2.75, 3.05) is 4.90 Å². The van der Waals surface area contributed by atoms with Crippen molar-refractivity contribution in [3.8, 4) is 0 Å². The highest BCUT2D eigenvalue weighted by molar-refractivity contribution is 8.26. The van der Waals surface area contributed by atoms with Crippen molar-refractivity contribution in [1.29, 1.82) is 0 Å². The predicted octanol–water partition coefficient (Wildman–Crippen LogP) is 6.10. The summed E-state index contributed by atoms with van der Waals surface area (Å²) in [4.78, 5) is 24.8. The fourth-order valence-electron chi connectivity index (χ4n) is 3.37. The number of carbonyl (C=O) groups is 1. The highest BCUT2D eigenvalue weighted by Gasteiger charge is 2.34. The number of thiocarbonyl (C=S) groups is 1. The van der Waals surface area contributed by atoms with Gasteiger partial charge in [-0.25, -0.2) is 0 Å². The lowest BCUT2D eigenvalue weighted by molar-refractivity contribution is -0.350. The molecular weight excluding hydrogens is 452 g/mol. The standard InChI is InChI=1S/C26H22N2O3S2/c1-2-30-31-28-25(29)24(33-26(28)32)17-20-13-15-23(16-14-20)27(18-21-9-5-3-6-10-21)19-22-11-7-4-8-12-22/h2-17H,1,18-19H2/b24-17+. The minimum Gasteiger partial charge on any atom is -0.363 e. The fraction of sp³-hybridized carbons (Fsp3) is 0.0769. The number of anilines is 1. The van der Waals surface area contributed by atoms with Crippen molar-refractivity contribution in [3.05, 3.63) is 119 Å². The molecule has 4 rings (SSSR count). The summed E-state index contributed by atoms with van der Waals surface area (Å²) in [5.41, 5.74) is 4.46. The predicted molar refractivity (Wildman–Crippen MR) is 137 cm³/mol. The first-order valence-electron chi connectivity index (χ1n) is 10.3. The van der Waals surface area contributed by atoms with Gasteiger partial charge in [-0.2, -0.15) is 0 Å². The molecule has 7 heteroatoms. The van der Waals surface area contributed by atoms with E-state index in [1.165, 1.54) is 11.1 Å². The van der Waals surface area contributed by atoms with Crippen molar-refractivity contribution < 1.29 is 14.7 Å². The van der Waals surface area contributed by atoms with Gasteiger partial charge in [-0.1, -0.05) is 96.1 Å². The zero-order valence-electron chi connectivity index (χ0n) is 17.8. The van der Waals surface area contributed by atoms with Gasteiger partial charge in [-0.05, 0) is 47.1 Å². The molecule has 1 aliphatic rings. The molecule has 0 aromatic heterocycles. The molecular formula is C26H22N2O3S2. The Morgan fingerprint density at radius 2 is 1.48 bits per heavy atom. The molecule has 0 bridgehead atoms. The molecule has 3 aromatic rings. The molecule has 1 aliphatic heterocycles. The van der Waals surface area contributed by atoms with Crippen LogP contribution < -0.4 is 4.90 Å². The van der Waals surface area contributed by atoms with Gasteiger partial charge in [-0.3, -0.25) is 4.79 Å². The minimum atomic E-state index is -0.370. The number of nitrogens with zero attached hydrogens (tertiary/aromatic N) is 2. The monoisotopic (exact) mass is 474 g/mol. The van der Waals surface area contributed by atoms with Crippen LogP contribution >= 0.6 is 24.0 Å². The third-order valence-electron chi connectivity index (χ3n) is 4.93. The van der Waals surface area contributed by atoms with E-state index in [1.54, 1.807) is 6.08 Å². The molecule has 0 atom stereocenters. The smallest absolute Gasteiger partial charge is 0.293 e. The zero-order chi connectivity index (χ0) is 23.0. The van der Waals surface area contributed by atoms with Crippen molar-refractivity contribution in [2.45, 2.75) is 13.1 Å². The van der Waals surface area contributed by atoms with Crippen LogP contribution in [0.3, 0.4) is 0 Å². The van der Waals surface area contributed by atoms with Gasteiger partial charge in [0.25, 0.3) is 5.91 Å². The highest BCUT2D eigenvalue weighted by Crippen LogP contribution is 2.33. The molecule has 1 fully saturated rings. The Bertz CT molecular complexity index is 1110. The molecule has 0 aliphatic carbocycles. The third kappa shape index (κ3) is 5.90. The van der Waals surface area contributed by atoms with E-state index in [2.05, 4.69) is 77.0 Å². The number of amides is 1. The average Bonchev–Trinajstić information content (AvgIpc) is 3.11. The van der Waals surface area contributed by atoms with E-state index in [4.69, 9.17) is 17.2 Å². The Balaban J connectivity index is 1.53. The Hall–Kier alpha value is -3.39. The van der Waals surface area contributed by atoms with Crippen LogP contribution in [-0.4, -0.2) is 15.3 Å². The maximum absolute atomic E-state index is 12.5. The van der Waals surface area contributed by atoms with Gasteiger partial charge in [-0.15, -0.1) is 5.06 Å². The molecule has 3 aromatic carbocycles. The van der Waals surface area contributed by atoms with E-state index in [0.717, 1.165) is 47.4 Å². The quantitative estimate of drug-likeness (QED) is 0.123. The molecule has 1 saturated heterocycles. The maximum atomic E-state index is 12.5. The van der Waals surface area contributed by atoms with Crippen LogP contribution in [0.15, 0.2) is 103 Å². The lowest BCUT2D eigenvalue weighted by Gasteiger charge is -2.25. The minimum absolute atomic E-state index is 0.265. The first kappa shape index (κ1) is 22.8. The second-order valence-corrected chi connectivity index (χ2v) is 8.91. The van der Waals surface area contributed by atoms with Gasteiger partial charge in [0.05, 0.1) is 4.91 Å². The molecule has 166 valence electrons. The molecule has 33 heavy (non-hydrogen) atoms. The van der Waals surface area contributed by atoms with Crippen molar-refractivity contribution in [3.63, 3.8) is 0 Å². The Morgan fingerprint density at radius 3 is 2.03 bits per heavy atom. The number of carbonyl (C=O) groups excluding carboxylic acids is 1. The first-order valence-corrected chi connectivity index (χ1v) is 11.5. The summed E-state index contributed by atoms with van der Waals surface area (Å²) in [7, 11) is 0. The number of benzene rings is 3. The largest absolute Gasteiger partial charge is 0.363 e. The van der Waals surface area contributed by atoms with Crippen LogP contribution in [0.5, 0.6) is 0 Å². The van der Waals surface area contributed by atoms with Gasteiger partial charge in [0, 0.05) is 18.8 Å². The van der Waals surface area contributed by atoms with Gasteiger partial charge < -0.3 is 9.79 Å². The molecule has 1 amide bonds. The van der Waals surface area contributed by atoms with Crippen LogP contribution in [0.1, 0.15) is 16.7 Å². The second-order valence-electron chi connectivity index (χ2n) is 7.23. The number of thioether (sulfide) groups is 1. The fourth-order valence-corrected chi connectivity index (χ4v) is 4.50. The highest BCUT2D eigenvalue weighted by atomic mass is 32.2. The van der Waals surface area contributed by atoms with Gasteiger partial charge in [0.15, 0.2) is 4.32 Å². The summed E-state index contributed by atoms with van der Waals surface area (Å²) >= 11 is 6.35. The molecule has 1 heterocycles. The van der Waals surface area contributed by atoms with E-state index in [1.807, 2.05) is 24.3 Å². The van der Waals surface area contributed by atoms with E-state index < -0.39 is 0 Å². The Kier molecular flexibility index (Phi) is 7.57. The van der Waals surface area contributed by atoms with Gasteiger partial charge in [0.1, 0.15) is 6.26 Å². The van der Waals surface area contributed by atoms with Crippen molar-refractivity contribution in [2.24, 2.45) is 0 Å². The van der Waals surface area contributed by atoms with E-state index in [-0.39, 0.29) is 10.2 Å². The van der Waals surface area contributed by atoms with Crippen molar-refractivity contribution >= 4 is 46.0 Å². The van der Waals surface area contributed by atoms with E-state index in [0.29, 0.717) is 4.91 Å². The number of hydrogen-bond acceptors (Lipinski definition) is 6. The summed E-state index contributed by atoms with van der Waals surface area (Å²) in [5.74, 6) is -0.370. The molecule has 0 spiro atoms. The SMILES string of the molecule is C=COON1C(=O)/C(=C\c2ccc(N(Cc3ccccc3)Cc3ccccc3)cc2)SC1=S. The summed E-state index contributed by atoms with van der Waals surface area (Å²) in [5, 5.41) is 0.934. The molecule has 0 radical (unpaired) electrons. The number of hydrogen-bond donors (Lipinski definition) is 0. The summed E-state index contributed by atoms with van der Waals surface area (Å²) in [6.45, 7) is 4.95. The lowest BCUT2D eigenvalue weighted by atomic mass is 10.1. The maximum Gasteiger partial charge on any atom is 0.293 e. The summed E-state index contributed by atoms with van der Waals surface area (Å²) in [6, 6.07) is 28.9. The van der Waals surface area contributed by atoms with Crippen LogP contribution in [0.4, 0.5) is 5.69 Å². The first-order chi connectivity index (χ1) is 16.1. The Morgan fingerprint density at radius 1 is 0.909 bits per heavy atom. The molecule has 0 unspecified atom stereocenters. The lowest BCUT2D eigenvalue weighted by Crippen LogP contribution is -2.27. The third-order valence-corrected chi connectivity index (χ3v) is 6.20. The van der Waals surface area contributed by atoms with Gasteiger partial charge in [0.2, 0.25) is 0 Å². The number of hydroxylamine groups is 2. The Labute approximate surface area is 202 Å². The van der Waals surface area contributed by atoms with Crippen LogP contribution in [0.25, 0.3) is 6.08 Å². The van der Waals surface area contributed by atoms with Crippen LogP contribution in [-0.2, 0) is 27.8 Å². The van der Waals surface area contributed by atoms with E-state index in [9.17, 15) is 4.79 Å². The van der Waals surface area contributed by atoms with Crippen LogP contribution in [0.2, 0.25) is 0 Å². The number of rotatable bonds is 9. The summed E-state index contributed by atoms with van der Waals surface area (Å²) in [6.07, 6.45) is 2.87. The van der Waals surface area contributed by atoms with Crippen molar-refractivity contribution in [1.82, 2.24) is 5.06 Å². The zero-order valence-corrected chi connectivity index (χ0v) is 19.4. The molecule has 0 saturated carbocycles. The van der Waals surface area contributed by atoms with E-state index >= 15 is 0 Å². The topological polar surface area (TPSA) is 42.0 Å². The second kappa shape index (κ2) is 11.0.